The lowest BCUT2D eigenvalue weighted by Crippen LogP contribution is -2.53. The average Bonchev–Trinajstić information content (AvgIpc) is 3.16. The van der Waals surface area contributed by atoms with Gasteiger partial charge in [0.05, 0.1) is 0 Å². The van der Waals surface area contributed by atoms with Crippen LogP contribution in [0.5, 0.6) is 0 Å². The first kappa shape index (κ1) is 13.0. The van der Waals surface area contributed by atoms with Crippen molar-refractivity contribution < 1.29 is 4.79 Å². The second-order valence-electron chi connectivity index (χ2n) is 5.73. The monoisotopic (exact) mass is 303 g/mol. The van der Waals surface area contributed by atoms with Crippen LogP contribution in [-0.2, 0) is 0 Å². The zero-order valence-electron chi connectivity index (χ0n) is 12.2. The minimum Gasteiger partial charge on any atom is -0.359 e. The zero-order chi connectivity index (χ0) is 15.1. The predicted octanol–water partition coefficient (Wildman–Crippen LogP) is -0.538. The van der Waals surface area contributed by atoms with Gasteiger partial charge in [-0.15, -0.1) is 5.10 Å². The van der Waals surface area contributed by atoms with E-state index in [0.717, 1.165) is 31.8 Å². The van der Waals surface area contributed by atoms with Gasteiger partial charge in [-0.05, 0) is 23.3 Å². The molecule has 0 radical (unpaired) electrons. The molecule has 1 fully saturated rings. The van der Waals surface area contributed by atoms with Crippen LogP contribution in [0.15, 0.2) is 17.0 Å². The molecule has 4 rings (SSSR count). The SMILES string of the molecule is CN1C=C2N=C(N3CCC(c4nnn[nH]4)CC3)NC(=O)N2C1. The van der Waals surface area contributed by atoms with Gasteiger partial charge < -0.3 is 9.80 Å². The van der Waals surface area contributed by atoms with Gasteiger partial charge in [-0.3, -0.25) is 10.2 Å². The highest BCUT2D eigenvalue weighted by molar-refractivity contribution is 5.99. The number of hydrogen-bond acceptors (Lipinski definition) is 7. The number of tetrazole rings is 1. The maximum absolute atomic E-state index is 12.1. The average molecular weight is 303 g/mol. The molecule has 10 nitrogen and oxygen atoms in total. The molecule has 0 bridgehead atoms. The molecule has 0 atom stereocenters. The third kappa shape index (κ3) is 2.16. The van der Waals surface area contributed by atoms with Gasteiger partial charge in [0.1, 0.15) is 6.67 Å². The number of aromatic amines is 1. The lowest BCUT2D eigenvalue weighted by Gasteiger charge is -2.35. The fourth-order valence-electron chi connectivity index (χ4n) is 3.01. The van der Waals surface area contributed by atoms with Crippen LogP contribution in [0.2, 0.25) is 0 Å². The molecule has 2 amide bonds. The number of aromatic nitrogens is 4. The van der Waals surface area contributed by atoms with E-state index < -0.39 is 0 Å². The number of urea groups is 1. The Morgan fingerprint density at radius 2 is 2.14 bits per heavy atom. The van der Waals surface area contributed by atoms with E-state index in [0.29, 0.717) is 24.4 Å². The molecule has 1 aromatic heterocycles. The number of nitrogens with zero attached hydrogens (tertiary/aromatic N) is 7. The van der Waals surface area contributed by atoms with Crippen molar-refractivity contribution >= 4 is 12.0 Å². The van der Waals surface area contributed by atoms with E-state index in [9.17, 15) is 4.79 Å². The standard InChI is InChI=1S/C12H17N9O/c1-19-6-9-13-11(14-12(22)21(9)7-19)20-4-2-8(3-5-20)10-15-17-18-16-10/h6,8H,2-5,7H2,1H3,(H,13,14,22)(H,15,16,17,18). The van der Waals surface area contributed by atoms with Crippen LogP contribution >= 0.6 is 0 Å². The van der Waals surface area contributed by atoms with Gasteiger partial charge >= 0.3 is 6.03 Å². The quantitative estimate of drug-likeness (QED) is 0.722. The van der Waals surface area contributed by atoms with Crippen molar-refractivity contribution in [2.24, 2.45) is 4.99 Å². The zero-order valence-corrected chi connectivity index (χ0v) is 12.2. The Morgan fingerprint density at radius 1 is 1.32 bits per heavy atom. The topological polar surface area (TPSA) is 106 Å². The second-order valence-corrected chi connectivity index (χ2v) is 5.73. The van der Waals surface area contributed by atoms with Gasteiger partial charge in [0.25, 0.3) is 0 Å². The van der Waals surface area contributed by atoms with Crippen molar-refractivity contribution in [1.29, 1.82) is 0 Å². The smallest absolute Gasteiger partial charge is 0.331 e. The minimum absolute atomic E-state index is 0.123. The largest absolute Gasteiger partial charge is 0.359 e. The lowest BCUT2D eigenvalue weighted by molar-refractivity contribution is 0.201. The first-order chi connectivity index (χ1) is 10.7. The normalized spacial score (nSPS) is 22.4. The van der Waals surface area contributed by atoms with E-state index in [1.165, 1.54) is 0 Å². The molecule has 1 aromatic rings. The van der Waals surface area contributed by atoms with Crippen LogP contribution in [0.25, 0.3) is 0 Å². The molecule has 22 heavy (non-hydrogen) atoms. The maximum Gasteiger partial charge on any atom is 0.331 e. The van der Waals surface area contributed by atoms with E-state index in [-0.39, 0.29) is 6.03 Å². The van der Waals surface area contributed by atoms with Crippen molar-refractivity contribution in [3.63, 3.8) is 0 Å². The summed E-state index contributed by atoms with van der Waals surface area (Å²) in [6.45, 7) is 2.17. The second kappa shape index (κ2) is 4.97. The van der Waals surface area contributed by atoms with E-state index in [1.54, 1.807) is 4.90 Å². The summed E-state index contributed by atoms with van der Waals surface area (Å²) in [4.78, 5) is 22.4. The highest BCUT2D eigenvalue weighted by Crippen LogP contribution is 2.26. The first-order valence-electron chi connectivity index (χ1n) is 7.28. The summed E-state index contributed by atoms with van der Waals surface area (Å²) in [5.74, 6) is 2.50. The molecular formula is C12H17N9O. The summed E-state index contributed by atoms with van der Waals surface area (Å²) in [6, 6.07) is -0.123. The number of carbonyl (C=O) groups is 1. The third-order valence-corrected chi connectivity index (χ3v) is 4.20. The van der Waals surface area contributed by atoms with Crippen molar-refractivity contribution in [3.05, 3.63) is 17.8 Å². The number of piperidine rings is 1. The number of aliphatic imine (C=N–C) groups is 1. The fraction of sp³-hybridized carbons (Fsp3) is 0.583. The van der Waals surface area contributed by atoms with Crippen LogP contribution in [0, 0.1) is 0 Å². The molecule has 1 saturated heterocycles. The van der Waals surface area contributed by atoms with Crippen LogP contribution in [0.4, 0.5) is 4.79 Å². The third-order valence-electron chi connectivity index (χ3n) is 4.20. The molecule has 10 heteroatoms. The molecule has 0 unspecified atom stereocenters. The minimum atomic E-state index is -0.123. The van der Waals surface area contributed by atoms with E-state index in [4.69, 9.17) is 0 Å². The van der Waals surface area contributed by atoms with Crippen molar-refractivity contribution in [2.75, 3.05) is 26.8 Å². The number of amides is 2. The number of hydrogen-bond donors (Lipinski definition) is 2. The molecule has 0 aliphatic carbocycles. The van der Waals surface area contributed by atoms with Crippen LogP contribution in [0.1, 0.15) is 24.6 Å². The van der Waals surface area contributed by atoms with Gasteiger partial charge in [0.15, 0.2) is 11.6 Å². The molecular weight excluding hydrogens is 286 g/mol. The highest BCUT2D eigenvalue weighted by atomic mass is 16.2. The number of fused-ring (bicyclic) bond motifs is 1. The Kier molecular flexibility index (Phi) is 2.94. The molecule has 0 aromatic carbocycles. The van der Waals surface area contributed by atoms with Gasteiger partial charge in [0.2, 0.25) is 5.96 Å². The summed E-state index contributed by atoms with van der Waals surface area (Å²) in [7, 11) is 1.92. The van der Waals surface area contributed by atoms with Crippen molar-refractivity contribution in [2.45, 2.75) is 18.8 Å². The number of rotatable bonds is 1. The fourth-order valence-corrected chi connectivity index (χ4v) is 3.01. The Morgan fingerprint density at radius 3 is 2.86 bits per heavy atom. The van der Waals surface area contributed by atoms with E-state index in [2.05, 4.69) is 35.8 Å². The lowest BCUT2D eigenvalue weighted by atomic mass is 9.96. The maximum atomic E-state index is 12.1. The Balaban J connectivity index is 1.46. The molecule has 3 aliphatic heterocycles. The summed E-state index contributed by atoms with van der Waals surface area (Å²) >= 11 is 0. The van der Waals surface area contributed by atoms with E-state index >= 15 is 0 Å². The van der Waals surface area contributed by atoms with E-state index in [1.807, 2.05) is 18.1 Å². The summed E-state index contributed by atoms with van der Waals surface area (Å²) in [5, 5.41) is 16.9. The van der Waals surface area contributed by atoms with Crippen LogP contribution < -0.4 is 5.32 Å². The molecule has 4 heterocycles. The van der Waals surface area contributed by atoms with Gasteiger partial charge in [0, 0.05) is 32.3 Å². The number of carbonyl (C=O) groups excluding carboxylic acids is 1. The Hall–Kier alpha value is -2.65. The van der Waals surface area contributed by atoms with Gasteiger partial charge in [-0.25, -0.2) is 9.89 Å². The summed E-state index contributed by atoms with van der Waals surface area (Å²) < 4.78 is 0. The van der Waals surface area contributed by atoms with Crippen LogP contribution in [-0.4, -0.2) is 74.1 Å². The van der Waals surface area contributed by atoms with Crippen LogP contribution in [0.3, 0.4) is 0 Å². The Bertz CT molecular complexity index is 629. The Labute approximate surface area is 126 Å². The summed E-state index contributed by atoms with van der Waals surface area (Å²) in [5.41, 5.74) is 0. The van der Waals surface area contributed by atoms with Gasteiger partial charge in [-0.1, -0.05) is 0 Å². The number of nitrogens with one attached hydrogen (secondary N) is 2. The summed E-state index contributed by atoms with van der Waals surface area (Å²) in [6.07, 6.45) is 3.73. The number of guanidine groups is 1. The molecule has 2 N–H and O–H groups in total. The molecule has 116 valence electrons. The predicted molar refractivity (Wildman–Crippen MR) is 76.2 cm³/mol. The molecule has 0 spiro atoms. The first-order valence-corrected chi connectivity index (χ1v) is 7.28. The van der Waals surface area contributed by atoms with Gasteiger partial charge in [-0.2, -0.15) is 4.99 Å². The number of likely N-dealkylation sites (tertiary alicyclic amines) is 1. The highest BCUT2D eigenvalue weighted by Gasteiger charge is 2.33. The van der Waals surface area contributed by atoms with Crippen molar-refractivity contribution in [3.8, 4) is 0 Å². The molecule has 3 aliphatic rings. The van der Waals surface area contributed by atoms with Crippen molar-refractivity contribution in [1.82, 2.24) is 40.6 Å². The molecule has 0 saturated carbocycles. The number of H-pyrrole nitrogens is 1.